The van der Waals surface area contributed by atoms with Gasteiger partial charge in [-0.15, -0.1) is 0 Å². The van der Waals surface area contributed by atoms with Crippen molar-refractivity contribution in [2.24, 2.45) is 0 Å². The summed E-state index contributed by atoms with van der Waals surface area (Å²) >= 11 is 4.77. The Kier molecular flexibility index (Phi) is 3.81. The number of amides is 1. The van der Waals surface area contributed by atoms with E-state index in [-0.39, 0.29) is 5.91 Å². The summed E-state index contributed by atoms with van der Waals surface area (Å²) in [5.74, 6) is -0.282. The average Bonchev–Trinajstić information content (AvgIpc) is 2.26. The first-order valence-corrected chi connectivity index (χ1v) is 4.33. The van der Waals surface area contributed by atoms with Crippen molar-refractivity contribution in [2.75, 3.05) is 7.05 Å². The van der Waals surface area contributed by atoms with Crippen LogP contribution in [0.2, 0.25) is 0 Å². The van der Waals surface area contributed by atoms with Crippen molar-refractivity contribution < 1.29 is 4.79 Å². The standard InChI is InChI=1S/C8H10N4OS/c1-9-8(14)12-11-7(13)6-3-2-4-10-5-6/h2-5H,1H3,(H,11,13)(H2,9,12,14). The van der Waals surface area contributed by atoms with E-state index in [0.29, 0.717) is 10.7 Å². The minimum atomic E-state index is -0.282. The van der Waals surface area contributed by atoms with Crippen LogP contribution in [0.5, 0.6) is 0 Å². The monoisotopic (exact) mass is 210 g/mol. The minimum Gasteiger partial charge on any atom is -0.364 e. The van der Waals surface area contributed by atoms with Crippen LogP contribution in [0.4, 0.5) is 0 Å². The number of hydrazine groups is 1. The average molecular weight is 210 g/mol. The molecule has 0 saturated carbocycles. The molecule has 14 heavy (non-hydrogen) atoms. The lowest BCUT2D eigenvalue weighted by molar-refractivity contribution is 0.0943. The lowest BCUT2D eigenvalue weighted by atomic mass is 10.3. The number of rotatable bonds is 1. The molecule has 1 amide bonds. The van der Waals surface area contributed by atoms with Gasteiger partial charge in [0, 0.05) is 19.4 Å². The number of carbonyl (C=O) groups is 1. The largest absolute Gasteiger partial charge is 0.364 e. The number of aromatic nitrogens is 1. The number of hydrogen-bond acceptors (Lipinski definition) is 3. The van der Waals surface area contributed by atoms with Crippen molar-refractivity contribution in [3.8, 4) is 0 Å². The van der Waals surface area contributed by atoms with E-state index in [1.54, 1.807) is 25.4 Å². The summed E-state index contributed by atoms with van der Waals surface area (Å²) in [5.41, 5.74) is 5.41. The Labute approximate surface area is 86.9 Å². The van der Waals surface area contributed by atoms with Crippen LogP contribution in [0.3, 0.4) is 0 Å². The molecule has 0 bridgehead atoms. The summed E-state index contributed by atoms with van der Waals surface area (Å²) < 4.78 is 0. The zero-order valence-corrected chi connectivity index (χ0v) is 8.39. The fraction of sp³-hybridized carbons (Fsp3) is 0.125. The number of thiocarbonyl (C=S) groups is 1. The number of nitrogens with zero attached hydrogens (tertiary/aromatic N) is 1. The molecule has 1 aromatic rings. The molecule has 1 aromatic heterocycles. The highest BCUT2D eigenvalue weighted by atomic mass is 32.1. The van der Waals surface area contributed by atoms with Crippen molar-refractivity contribution in [1.82, 2.24) is 21.2 Å². The van der Waals surface area contributed by atoms with Crippen LogP contribution >= 0.6 is 12.2 Å². The van der Waals surface area contributed by atoms with Gasteiger partial charge in [-0.05, 0) is 24.4 Å². The number of hydrogen-bond donors (Lipinski definition) is 3. The van der Waals surface area contributed by atoms with Gasteiger partial charge in [-0.2, -0.15) is 0 Å². The summed E-state index contributed by atoms with van der Waals surface area (Å²) in [5, 5.41) is 3.01. The summed E-state index contributed by atoms with van der Waals surface area (Å²) in [7, 11) is 1.66. The summed E-state index contributed by atoms with van der Waals surface area (Å²) in [4.78, 5) is 15.2. The molecule has 0 unspecified atom stereocenters. The number of pyridine rings is 1. The summed E-state index contributed by atoms with van der Waals surface area (Å²) in [6.07, 6.45) is 3.07. The van der Waals surface area contributed by atoms with Crippen LogP contribution in [0, 0.1) is 0 Å². The van der Waals surface area contributed by atoms with Crippen LogP contribution in [0.15, 0.2) is 24.5 Å². The Bertz CT molecular complexity index is 327. The van der Waals surface area contributed by atoms with Gasteiger partial charge in [0.2, 0.25) is 0 Å². The van der Waals surface area contributed by atoms with Crippen molar-refractivity contribution in [3.63, 3.8) is 0 Å². The highest BCUT2D eigenvalue weighted by molar-refractivity contribution is 7.80. The molecule has 0 aliphatic heterocycles. The first-order chi connectivity index (χ1) is 6.74. The molecule has 0 aliphatic rings. The molecular weight excluding hydrogens is 200 g/mol. The molecule has 0 spiro atoms. The van der Waals surface area contributed by atoms with Gasteiger partial charge in [-0.1, -0.05) is 0 Å². The second-order valence-electron chi connectivity index (χ2n) is 2.40. The Morgan fingerprint density at radius 3 is 2.86 bits per heavy atom. The van der Waals surface area contributed by atoms with E-state index in [2.05, 4.69) is 21.2 Å². The lowest BCUT2D eigenvalue weighted by Crippen LogP contribution is -2.45. The molecule has 0 saturated heterocycles. The number of carbonyl (C=O) groups excluding carboxylic acids is 1. The normalized spacial score (nSPS) is 8.93. The van der Waals surface area contributed by atoms with E-state index in [0.717, 1.165) is 0 Å². The Morgan fingerprint density at radius 1 is 1.50 bits per heavy atom. The summed E-state index contributed by atoms with van der Waals surface area (Å²) in [6.45, 7) is 0. The van der Waals surface area contributed by atoms with Gasteiger partial charge in [-0.3, -0.25) is 20.6 Å². The Hall–Kier alpha value is -1.69. The van der Waals surface area contributed by atoms with Gasteiger partial charge in [0.15, 0.2) is 5.11 Å². The van der Waals surface area contributed by atoms with E-state index < -0.39 is 0 Å². The lowest BCUT2D eigenvalue weighted by Gasteiger charge is -2.07. The van der Waals surface area contributed by atoms with Crippen LogP contribution in [0.1, 0.15) is 10.4 Å². The zero-order chi connectivity index (χ0) is 10.4. The third-order valence-corrected chi connectivity index (χ3v) is 1.75. The van der Waals surface area contributed by atoms with E-state index in [1.807, 2.05) is 0 Å². The van der Waals surface area contributed by atoms with Gasteiger partial charge < -0.3 is 5.32 Å². The van der Waals surface area contributed by atoms with Crippen molar-refractivity contribution in [1.29, 1.82) is 0 Å². The minimum absolute atomic E-state index is 0.282. The van der Waals surface area contributed by atoms with Crippen molar-refractivity contribution in [2.45, 2.75) is 0 Å². The van der Waals surface area contributed by atoms with Gasteiger partial charge in [-0.25, -0.2) is 0 Å². The maximum atomic E-state index is 11.4. The van der Waals surface area contributed by atoms with Crippen molar-refractivity contribution in [3.05, 3.63) is 30.1 Å². The van der Waals surface area contributed by atoms with Crippen LogP contribution in [-0.4, -0.2) is 23.1 Å². The first kappa shape index (κ1) is 10.4. The molecule has 6 heteroatoms. The first-order valence-electron chi connectivity index (χ1n) is 3.92. The fourth-order valence-corrected chi connectivity index (χ4v) is 0.796. The SMILES string of the molecule is CNC(=S)NNC(=O)c1cccnc1. The molecular formula is C8H10N4OS. The van der Waals surface area contributed by atoms with Gasteiger partial charge in [0.05, 0.1) is 5.56 Å². The second-order valence-corrected chi connectivity index (χ2v) is 2.81. The molecule has 74 valence electrons. The third kappa shape index (κ3) is 2.98. The maximum absolute atomic E-state index is 11.4. The van der Waals surface area contributed by atoms with Crippen LogP contribution in [0.25, 0.3) is 0 Å². The molecule has 0 aliphatic carbocycles. The molecule has 1 rings (SSSR count). The van der Waals surface area contributed by atoms with Gasteiger partial charge in [0.25, 0.3) is 5.91 Å². The van der Waals surface area contributed by atoms with Crippen molar-refractivity contribution >= 4 is 23.2 Å². The molecule has 1 heterocycles. The van der Waals surface area contributed by atoms with Crippen LogP contribution in [-0.2, 0) is 0 Å². The van der Waals surface area contributed by atoms with E-state index in [9.17, 15) is 4.79 Å². The smallest absolute Gasteiger partial charge is 0.271 e. The van der Waals surface area contributed by atoms with Gasteiger partial charge >= 0.3 is 0 Å². The predicted molar refractivity (Wildman–Crippen MR) is 56.5 cm³/mol. The molecule has 5 nitrogen and oxygen atoms in total. The Balaban J connectivity index is 2.48. The summed E-state index contributed by atoms with van der Waals surface area (Å²) in [6, 6.07) is 3.34. The predicted octanol–water partition coefficient (Wildman–Crippen LogP) is -0.180. The van der Waals surface area contributed by atoms with E-state index in [4.69, 9.17) is 12.2 Å². The molecule has 3 N–H and O–H groups in total. The molecule has 0 aromatic carbocycles. The molecule has 0 atom stereocenters. The zero-order valence-electron chi connectivity index (χ0n) is 7.57. The third-order valence-electron chi connectivity index (χ3n) is 1.44. The van der Waals surface area contributed by atoms with Crippen LogP contribution < -0.4 is 16.2 Å². The highest BCUT2D eigenvalue weighted by Crippen LogP contribution is 1.93. The topological polar surface area (TPSA) is 66.0 Å². The quantitative estimate of drug-likeness (QED) is 0.443. The maximum Gasteiger partial charge on any atom is 0.271 e. The van der Waals surface area contributed by atoms with E-state index >= 15 is 0 Å². The second kappa shape index (κ2) is 5.13. The highest BCUT2D eigenvalue weighted by Gasteiger charge is 2.03. The fourth-order valence-electron chi connectivity index (χ4n) is 0.745. The molecule has 0 radical (unpaired) electrons. The van der Waals surface area contributed by atoms with E-state index in [1.165, 1.54) is 6.20 Å². The Morgan fingerprint density at radius 2 is 2.29 bits per heavy atom. The van der Waals surface area contributed by atoms with Gasteiger partial charge in [0.1, 0.15) is 0 Å². The molecule has 0 fully saturated rings. The number of nitrogens with one attached hydrogen (secondary N) is 3.